The zero-order valence-corrected chi connectivity index (χ0v) is 8.95. The maximum atomic E-state index is 10.8. The summed E-state index contributed by atoms with van der Waals surface area (Å²) in [4.78, 5) is 1.57. The van der Waals surface area contributed by atoms with Crippen molar-refractivity contribution in [1.29, 1.82) is 0 Å². The van der Waals surface area contributed by atoms with Crippen LogP contribution in [-0.4, -0.2) is 24.7 Å². The van der Waals surface area contributed by atoms with Crippen molar-refractivity contribution in [3.8, 4) is 0 Å². The predicted octanol–water partition coefficient (Wildman–Crippen LogP) is 0.183. The van der Waals surface area contributed by atoms with Crippen molar-refractivity contribution in [1.82, 2.24) is 0 Å². The Bertz CT molecular complexity index is 343. The van der Waals surface area contributed by atoms with Gasteiger partial charge in [0.1, 0.15) is 12.1 Å². The minimum Gasteiger partial charge on any atom is -0.379 e. The third-order valence-electron chi connectivity index (χ3n) is 4.16. The number of hydrogen-bond acceptors (Lipinski definition) is 1. The van der Waals surface area contributed by atoms with Crippen molar-refractivity contribution in [3.05, 3.63) is 35.9 Å². The van der Waals surface area contributed by atoms with E-state index in [-0.39, 0.29) is 0 Å². The predicted molar refractivity (Wildman–Crippen MR) is 58.6 cm³/mol. The van der Waals surface area contributed by atoms with Gasteiger partial charge in [-0.1, -0.05) is 30.3 Å². The van der Waals surface area contributed by atoms with Crippen LogP contribution in [0.25, 0.3) is 0 Å². The Kier molecular flexibility index (Phi) is 2.08. The van der Waals surface area contributed by atoms with Crippen LogP contribution in [0.2, 0.25) is 0 Å². The van der Waals surface area contributed by atoms with E-state index in [0.29, 0.717) is 5.92 Å². The molecule has 0 aliphatic carbocycles. The lowest BCUT2D eigenvalue weighted by Gasteiger charge is -2.47. The van der Waals surface area contributed by atoms with Gasteiger partial charge in [0, 0.05) is 18.8 Å². The largest absolute Gasteiger partial charge is 0.379 e. The number of rotatable bonds is 1. The lowest BCUT2D eigenvalue weighted by Crippen LogP contribution is -3.17. The molecule has 0 radical (unpaired) electrons. The number of aliphatic hydroxyl groups is 1. The zero-order valence-electron chi connectivity index (χ0n) is 8.95. The number of hydrogen-bond donors (Lipinski definition) is 2. The van der Waals surface area contributed by atoms with Gasteiger partial charge in [-0.2, -0.15) is 0 Å². The number of piperidine rings is 3. The lowest BCUT2D eigenvalue weighted by atomic mass is 9.72. The van der Waals surface area contributed by atoms with E-state index in [1.54, 1.807) is 4.90 Å². The molecule has 3 saturated heterocycles. The van der Waals surface area contributed by atoms with Crippen LogP contribution in [0.3, 0.4) is 0 Å². The normalized spacial score (nSPS) is 39.3. The summed E-state index contributed by atoms with van der Waals surface area (Å²) in [6.07, 6.45) is 2.36. The van der Waals surface area contributed by atoms with E-state index in [0.717, 1.165) is 12.1 Å². The average molecular weight is 204 g/mol. The van der Waals surface area contributed by atoms with Crippen molar-refractivity contribution >= 4 is 0 Å². The highest BCUT2D eigenvalue weighted by molar-refractivity contribution is 5.24. The van der Waals surface area contributed by atoms with Crippen LogP contribution in [0.5, 0.6) is 0 Å². The molecule has 2 bridgehead atoms. The fourth-order valence-corrected chi connectivity index (χ4v) is 3.27. The minimum absolute atomic E-state index is 0.484. The van der Waals surface area contributed by atoms with Gasteiger partial charge in [0.2, 0.25) is 0 Å². The van der Waals surface area contributed by atoms with Gasteiger partial charge in [0.05, 0.1) is 13.1 Å². The Hall–Kier alpha value is -0.860. The van der Waals surface area contributed by atoms with Crippen molar-refractivity contribution < 1.29 is 10.0 Å². The summed E-state index contributed by atoms with van der Waals surface area (Å²) < 4.78 is 0. The molecule has 4 rings (SSSR count). The Morgan fingerprint density at radius 3 is 2.33 bits per heavy atom. The summed E-state index contributed by atoms with van der Waals surface area (Å²) >= 11 is 0. The molecule has 0 spiro atoms. The molecule has 0 aromatic heterocycles. The van der Waals surface area contributed by atoms with Gasteiger partial charge < -0.3 is 10.0 Å². The average Bonchev–Trinajstić information content (AvgIpc) is 2.31. The molecule has 80 valence electrons. The van der Waals surface area contributed by atoms with Gasteiger partial charge in [0.25, 0.3) is 0 Å². The van der Waals surface area contributed by atoms with Gasteiger partial charge in [-0.05, 0) is 5.56 Å². The van der Waals surface area contributed by atoms with E-state index in [2.05, 4.69) is 12.1 Å². The zero-order chi connectivity index (χ0) is 10.3. The fraction of sp³-hybridized carbons (Fsp3) is 0.538. The highest BCUT2D eigenvalue weighted by Gasteiger charge is 2.49. The molecular formula is C13H18NO+. The Balaban J connectivity index is 1.97. The molecule has 1 aromatic rings. The number of quaternary nitrogens is 1. The maximum absolute atomic E-state index is 10.8. The molecule has 2 N–H and O–H groups in total. The molecule has 3 fully saturated rings. The Labute approximate surface area is 90.5 Å². The molecule has 0 amide bonds. The van der Waals surface area contributed by atoms with Gasteiger partial charge in [-0.25, -0.2) is 0 Å². The van der Waals surface area contributed by atoms with Crippen LogP contribution in [0.4, 0.5) is 0 Å². The van der Waals surface area contributed by atoms with E-state index in [4.69, 9.17) is 0 Å². The molecule has 3 heterocycles. The first-order chi connectivity index (χ1) is 7.29. The first-order valence-corrected chi connectivity index (χ1v) is 5.90. The smallest absolute Gasteiger partial charge is 0.141 e. The van der Waals surface area contributed by atoms with Crippen LogP contribution in [-0.2, 0) is 5.60 Å². The van der Waals surface area contributed by atoms with Crippen molar-refractivity contribution in [2.45, 2.75) is 18.4 Å². The third-order valence-corrected chi connectivity index (χ3v) is 4.16. The highest BCUT2D eigenvalue weighted by Crippen LogP contribution is 2.36. The van der Waals surface area contributed by atoms with Crippen LogP contribution in [0, 0.1) is 5.92 Å². The molecule has 15 heavy (non-hydrogen) atoms. The topological polar surface area (TPSA) is 24.7 Å². The second kappa shape index (κ2) is 3.32. The second-order valence-corrected chi connectivity index (χ2v) is 4.99. The Morgan fingerprint density at radius 2 is 1.80 bits per heavy atom. The summed E-state index contributed by atoms with van der Waals surface area (Å²) in [5.41, 5.74) is 0.569. The molecule has 1 aromatic carbocycles. The SMILES string of the molecule is OC1(c2ccccc2)C[NH+]2CCC1CC2. The first-order valence-electron chi connectivity index (χ1n) is 5.90. The molecule has 1 unspecified atom stereocenters. The summed E-state index contributed by atoms with van der Waals surface area (Å²) in [6, 6.07) is 10.2. The summed E-state index contributed by atoms with van der Waals surface area (Å²) in [5.74, 6) is 0.484. The van der Waals surface area contributed by atoms with E-state index in [1.807, 2.05) is 18.2 Å². The van der Waals surface area contributed by atoms with E-state index < -0.39 is 5.60 Å². The fourth-order valence-electron chi connectivity index (χ4n) is 3.27. The molecule has 2 heteroatoms. The molecule has 0 saturated carbocycles. The maximum Gasteiger partial charge on any atom is 0.141 e. The van der Waals surface area contributed by atoms with Gasteiger partial charge in [-0.15, -0.1) is 0 Å². The second-order valence-electron chi connectivity index (χ2n) is 4.99. The number of benzene rings is 1. The van der Waals surface area contributed by atoms with E-state index >= 15 is 0 Å². The van der Waals surface area contributed by atoms with Crippen LogP contribution in [0.15, 0.2) is 30.3 Å². The van der Waals surface area contributed by atoms with Crippen molar-refractivity contribution in [2.24, 2.45) is 5.92 Å². The third kappa shape index (κ3) is 1.40. The van der Waals surface area contributed by atoms with E-state index in [9.17, 15) is 5.11 Å². The summed E-state index contributed by atoms with van der Waals surface area (Å²) in [5, 5.41) is 10.8. The van der Waals surface area contributed by atoms with E-state index in [1.165, 1.54) is 25.9 Å². The van der Waals surface area contributed by atoms with Crippen LogP contribution >= 0.6 is 0 Å². The quantitative estimate of drug-likeness (QED) is 0.670. The van der Waals surface area contributed by atoms with Gasteiger partial charge in [-0.3, -0.25) is 0 Å². The Morgan fingerprint density at radius 1 is 1.13 bits per heavy atom. The monoisotopic (exact) mass is 204 g/mol. The standard InChI is InChI=1S/C13H17NO/c15-13(11-4-2-1-3-5-11)10-14-8-6-12(13)7-9-14/h1-5,12,15H,6-10H2/p+1. The molecule has 3 aliphatic heterocycles. The minimum atomic E-state index is -0.549. The van der Waals surface area contributed by atoms with Crippen molar-refractivity contribution in [3.63, 3.8) is 0 Å². The lowest BCUT2D eigenvalue weighted by molar-refractivity contribution is -0.927. The summed E-state index contributed by atoms with van der Waals surface area (Å²) in [6.45, 7) is 3.40. The molecule has 1 atom stereocenters. The molecule has 2 nitrogen and oxygen atoms in total. The highest BCUT2D eigenvalue weighted by atomic mass is 16.3. The molecule has 3 aliphatic rings. The van der Waals surface area contributed by atoms with Crippen LogP contribution < -0.4 is 4.90 Å². The molecular weight excluding hydrogens is 186 g/mol. The van der Waals surface area contributed by atoms with Crippen molar-refractivity contribution in [2.75, 3.05) is 19.6 Å². The van der Waals surface area contributed by atoms with Gasteiger partial charge >= 0.3 is 0 Å². The first kappa shape index (κ1) is 9.37. The summed E-state index contributed by atoms with van der Waals surface area (Å²) in [7, 11) is 0. The van der Waals surface area contributed by atoms with Crippen LogP contribution in [0.1, 0.15) is 18.4 Å². The number of nitrogens with one attached hydrogen (secondary N) is 1. The number of fused-ring (bicyclic) bond motifs is 3. The van der Waals surface area contributed by atoms with Gasteiger partial charge in [0.15, 0.2) is 0 Å².